The number of hydrogen-bond donors (Lipinski definition) is 1. The molecule has 0 aliphatic carbocycles. The summed E-state index contributed by atoms with van der Waals surface area (Å²) in [6.45, 7) is 0. The van der Waals surface area contributed by atoms with Crippen molar-refractivity contribution < 1.29 is 0 Å². The molecule has 0 radical (unpaired) electrons. The second-order valence-corrected chi connectivity index (χ2v) is 4.92. The van der Waals surface area contributed by atoms with E-state index in [1.165, 1.54) is 0 Å². The summed E-state index contributed by atoms with van der Waals surface area (Å²) in [5, 5.41) is 5.05. The van der Waals surface area contributed by atoms with Gasteiger partial charge in [-0.05, 0) is 18.2 Å². The molecule has 3 rings (SSSR count). The van der Waals surface area contributed by atoms with Gasteiger partial charge in [0.2, 0.25) is 0 Å². The van der Waals surface area contributed by atoms with E-state index in [0.717, 1.165) is 17.0 Å². The van der Waals surface area contributed by atoms with Crippen molar-refractivity contribution in [3.05, 3.63) is 53.6 Å². The van der Waals surface area contributed by atoms with Gasteiger partial charge in [0.25, 0.3) is 0 Å². The summed E-state index contributed by atoms with van der Waals surface area (Å²) in [6.07, 6.45) is 0. The van der Waals surface area contributed by atoms with Crippen LogP contribution in [-0.4, -0.2) is 14.8 Å². The Kier molecular flexibility index (Phi) is 3.16. The number of nitrogens with two attached hydrogens (primary N) is 1. The van der Waals surface area contributed by atoms with Crippen molar-refractivity contribution in [1.82, 2.24) is 14.8 Å². The summed E-state index contributed by atoms with van der Waals surface area (Å²) in [6, 6.07) is 15.2. The van der Waals surface area contributed by atoms with E-state index in [9.17, 15) is 0 Å². The summed E-state index contributed by atoms with van der Waals surface area (Å²) in [5.74, 6) is 1.40. The minimum absolute atomic E-state index is 0.590. The lowest BCUT2D eigenvalue weighted by Crippen LogP contribution is -1.97. The molecule has 5 heteroatoms. The Labute approximate surface area is 121 Å². The van der Waals surface area contributed by atoms with E-state index < -0.39 is 0 Å². The standard InChI is InChI=1S/C15H13ClN4/c1-20-15(12-8-7-11(16)9-13(12)17)18-14(19-20)10-5-3-2-4-6-10/h2-9H,17H2,1H3. The van der Waals surface area contributed by atoms with Gasteiger partial charge in [-0.3, -0.25) is 0 Å². The number of nitrogens with zero attached hydrogens (tertiary/aromatic N) is 3. The molecule has 2 aromatic carbocycles. The fourth-order valence-electron chi connectivity index (χ4n) is 2.07. The number of aromatic nitrogens is 3. The molecule has 2 N–H and O–H groups in total. The molecule has 100 valence electrons. The molecule has 0 atom stereocenters. The smallest absolute Gasteiger partial charge is 0.181 e. The van der Waals surface area contributed by atoms with Gasteiger partial charge in [-0.1, -0.05) is 41.9 Å². The molecule has 3 aromatic rings. The van der Waals surface area contributed by atoms with E-state index in [2.05, 4.69) is 10.1 Å². The Morgan fingerprint density at radius 3 is 2.55 bits per heavy atom. The number of rotatable bonds is 2. The molecule has 0 amide bonds. The first-order chi connectivity index (χ1) is 9.65. The molecule has 20 heavy (non-hydrogen) atoms. The summed E-state index contributed by atoms with van der Waals surface area (Å²) >= 11 is 5.92. The zero-order valence-electron chi connectivity index (χ0n) is 10.9. The van der Waals surface area contributed by atoms with Crippen molar-refractivity contribution in [3.8, 4) is 22.8 Å². The molecule has 0 aliphatic rings. The van der Waals surface area contributed by atoms with Crippen LogP contribution < -0.4 is 5.73 Å². The van der Waals surface area contributed by atoms with Crippen LogP contribution >= 0.6 is 11.6 Å². The molecule has 1 heterocycles. The molecular formula is C15H13ClN4. The third-order valence-corrected chi connectivity index (χ3v) is 3.28. The normalized spacial score (nSPS) is 10.7. The highest BCUT2D eigenvalue weighted by atomic mass is 35.5. The minimum atomic E-state index is 0.590. The first kappa shape index (κ1) is 12.7. The van der Waals surface area contributed by atoms with Gasteiger partial charge < -0.3 is 5.73 Å². The molecule has 0 unspecified atom stereocenters. The van der Waals surface area contributed by atoms with Crippen LogP contribution in [0.2, 0.25) is 5.02 Å². The van der Waals surface area contributed by atoms with Gasteiger partial charge in [-0.2, -0.15) is 5.10 Å². The summed E-state index contributed by atoms with van der Waals surface area (Å²) in [7, 11) is 1.85. The molecule has 0 fully saturated rings. The highest BCUT2D eigenvalue weighted by Gasteiger charge is 2.13. The maximum atomic E-state index is 6.00. The van der Waals surface area contributed by atoms with E-state index in [0.29, 0.717) is 16.5 Å². The molecule has 0 saturated heterocycles. The lowest BCUT2D eigenvalue weighted by atomic mass is 10.1. The topological polar surface area (TPSA) is 56.7 Å². The molecule has 0 spiro atoms. The van der Waals surface area contributed by atoms with Crippen LogP contribution in [-0.2, 0) is 7.05 Å². The molecular weight excluding hydrogens is 272 g/mol. The third-order valence-electron chi connectivity index (χ3n) is 3.05. The zero-order valence-corrected chi connectivity index (χ0v) is 11.7. The van der Waals surface area contributed by atoms with Crippen LogP contribution in [0.25, 0.3) is 22.8 Å². The maximum Gasteiger partial charge on any atom is 0.181 e. The van der Waals surface area contributed by atoms with Gasteiger partial charge in [-0.25, -0.2) is 9.67 Å². The predicted octanol–water partition coefficient (Wildman–Crippen LogP) is 3.38. The predicted molar refractivity (Wildman–Crippen MR) is 81.3 cm³/mol. The van der Waals surface area contributed by atoms with Crippen LogP contribution in [0.1, 0.15) is 0 Å². The van der Waals surface area contributed by atoms with E-state index in [1.807, 2.05) is 43.4 Å². The second-order valence-electron chi connectivity index (χ2n) is 4.48. The molecule has 1 aromatic heterocycles. The van der Waals surface area contributed by atoms with E-state index in [-0.39, 0.29) is 0 Å². The van der Waals surface area contributed by atoms with Crippen LogP contribution in [0.5, 0.6) is 0 Å². The number of aryl methyl sites for hydroxylation is 1. The molecule has 0 aliphatic heterocycles. The van der Waals surface area contributed by atoms with Gasteiger partial charge >= 0.3 is 0 Å². The molecule has 0 bridgehead atoms. The van der Waals surface area contributed by atoms with Gasteiger partial charge in [-0.15, -0.1) is 0 Å². The average molecular weight is 285 g/mol. The van der Waals surface area contributed by atoms with Gasteiger partial charge in [0.05, 0.1) is 0 Å². The zero-order chi connectivity index (χ0) is 14.1. The van der Waals surface area contributed by atoms with Crippen molar-refractivity contribution in [3.63, 3.8) is 0 Å². The Hall–Kier alpha value is -2.33. The van der Waals surface area contributed by atoms with Crippen molar-refractivity contribution in [2.24, 2.45) is 7.05 Å². The Bertz CT molecular complexity index is 750. The van der Waals surface area contributed by atoms with E-state index in [1.54, 1.807) is 16.8 Å². The lowest BCUT2D eigenvalue weighted by Gasteiger charge is -2.04. The van der Waals surface area contributed by atoms with Crippen molar-refractivity contribution in [2.45, 2.75) is 0 Å². The second kappa shape index (κ2) is 4.98. The summed E-state index contributed by atoms with van der Waals surface area (Å²) in [5.41, 5.74) is 8.39. The average Bonchev–Trinajstić information content (AvgIpc) is 2.82. The maximum absolute atomic E-state index is 6.00. The minimum Gasteiger partial charge on any atom is -0.398 e. The Balaban J connectivity index is 2.10. The SMILES string of the molecule is Cn1nc(-c2ccccc2)nc1-c1ccc(Cl)cc1N. The fraction of sp³-hybridized carbons (Fsp3) is 0.0667. The quantitative estimate of drug-likeness (QED) is 0.734. The highest BCUT2D eigenvalue weighted by molar-refractivity contribution is 6.31. The van der Waals surface area contributed by atoms with Gasteiger partial charge in [0.15, 0.2) is 11.6 Å². The highest BCUT2D eigenvalue weighted by Crippen LogP contribution is 2.28. The Morgan fingerprint density at radius 2 is 1.85 bits per heavy atom. The van der Waals surface area contributed by atoms with Crippen LogP contribution in [0.15, 0.2) is 48.5 Å². The number of benzene rings is 2. The van der Waals surface area contributed by atoms with Crippen molar-refractivity contribution >= 4 is 17.3 Å². The van der Waals surface area contributed by atoms with Crippen molar-refractivity contribution in [1.29, 1.82) is 0 Å². The monoisotopic (exact) mass is 284 g/mol. The number of hydrogen-bond acceptors (Lipinski definition) is 3. The van der Waals surface area contributed by atoms with Crippen LogP contribution in [0, 0.1) is 0 Å². The summed E-state index contributed by atoms with van der Waals surface area (Å²) < 4.78 is 1.72. The first-order valence-electron chi connectivity index (χ1n) is 6.17. The lowest BCUT2D eigenvalue weighted by molar-refractivity contribution is 0.777. The molecule has 0 saturated carbocycles. The summed E-state index contributed by atoms with van der Waals surface area (Å²) in [4.78, 5) is 4.57. The Morgan fingerprint density at radius 1 is 1.10 bits per heavy atom. The van der Waals surface area contributed by atoms with Crippen LogP contribution in [0.4, 0.5) is 5.69 Å². The molecule has 4 nitrogen and oxygen atoms in total. The fourth-order valence-corrected chi connectivity index (χ4v) is 2.25. The number of halogens is 1. The van der Waals surface area contributed by atoms with Gasteiger partial charge in [0.1, 0.15) is 0 Å². The van der Waals surface area contributed by atoms with Crippen LogP contribution in [0.3, 0.4) is 0 Å². The number of anilines is 1. The van der Waals surface area contributed by atoms with E-state index >= 15 is 0 Å². The first-order valence-corrected chi connectivity index (χ1v) is 6.55. The van der Waals surface area contributed by atoms with Crippen molar-refractivity contribution in [2.75, 3.05) is 5.73 Å². The largest absolute Gasteiger partial charge is 0.398 e. The number of nitrogen functional groups attached to an aromatic ring is 1. The van der Waals surface area contributed by atoms with E-state index in [4.69, 9.17) is 17.3 Å². The van der Waals surface area contributed by atoms with Gasteiger partial charge in [0, 0.05) is 28.9 Å². The third kappa shape index (κ3) is 2.26.